The fraction of sp³-hybridized carbons (Fsp3) is 1.00. The van der Waals surface area contributed by atoms with Crippen LogP contribution in [0.5, 0.6) is 0 Å². The molecule has 12 heavy (non-hydrogen) atoms. The van der Waals surface area contributed by atoms with Crippen molar-refractivity contribution in [2.75, 3.05) is 13.1 Å². The largest absolute Gasteiger partial charge is 0.389 e. The average Bonchev–Trinajstić information content (AvgIpc) is 2.35. The van der Waals surface area contributed by atoms with Crippen LogP contribution in [-0.4, -0.2) is 46.5 Å². The molecule has 0 radical (unpaired) electrons. The van der Waals surface area contributed by atoms with Crippen molar-refractivity contribution in [1.29, 1.82) is 0 Å². The Balaban J connectivity index is 2.44. The van der Waals surface area contributed by atoms with E-state index >= 15 is 0 Å². The summed E-state index contributed by atoms with van der Waals surface area (Å²) in [4.78, 5) is 2.18. The van der Waals surface area contributed by atoms with Crippen LogP contribution in [0.15, 0.2) is 0 Å². The van der Waals surface area contributed by atoms with Crippen molar-refractivity contribution in [3.63, 3.8) is 0 Å². The molecule has 1 aliphatic heterocycles. The first-order chi connectivity index (χ1) is 5.69. The Morgan fingerprint density at radius 2 is 1.58 bits per heavy atom. The molecule has 0 aromatic carbocycles. The van der Waals surface area contributed by atoms with Gasteiger partial charge in [0.25, 0.3) is 0 Å². The molecule has 0 aromatic rings. The van der Waals surface area contributed by atoms with Gasteiger partial charge in [0.2, 0.25) is 0 Å². The lowest BCUT2D eigenvalue weighted by molar-refractivity contribution is 0.0572. The molecule has 0 amide bonds. The summed E-state index contributed by atoms with van der Waals surface area (Å²) in [5.41, 5.74) is 0. The summed E-state index contributed by atoms with van der Waals surface area (Å²) in [6.07, 6.45) is 1.11. The minimum atomic E-state index is -0.536. The third-order valence-corrected chi connectivity index (χ3v) is 2.75. The number of hydrogen-bond acceptors (Lipinski definition) is 3. The molecule has 1 saturated heterocycles. The zero-order valence-electron chi connectivity index (χ0n) is 7.90. The number of likely N-dealkylation sites (tertiary alicyclic amines) is 1. The van der Waals surface area contributed by atoms with Crippen molar-refractivity contribution >= 4 is 0 Å². The molecule has 0 unspecified atom stereocenters. The van der Waals surface area contributed by atoms with Crippen LogP contribution in [0, 0.1) is 0 Å². The normalized spacial score (nSPS) is 31.8. The molecule has 3 heteroatoms. The molecule has 72 valence electrons. The summed E-state index contributed by atoms with van der Waals surface area (Å²) in [7, 11) is 0. The van der Waals surface area contributed by atoms with E-state index in [-0.39, 0.29) is 0 Å². The van der Waals surface area contributed by atoms with Crippen molar-refractivity contribution < 1.29 is 10.2 Å². The van der Waals surface area contributed by atoms with E-state index in [0.29, 0.717) is 19.1 Å². The number of nitrogens with zero attached hydrogens (tertiary/aromatic N) is 1. The average molecular weight is 173 g/mol. The highest BCUT2D eigenvalue weighted by Crippen LogP contribution is 2.17. The van der Waals surface area contributed by atoms with Crippen LogP contribution in [0.1, 0.15) is 26.7 Å². The van der Waals surface area contributed by atoms with Crippen LogP contribution in [0.25, 0.3) is 0 Å². The van der Waals surface area contributed by atoms with Crippen LogP contribution in [-0.2, 0) is 0 Å². The topological polar surface area (TPSA) is 43.7 Å². The highest BCUT2D eigenvalue weighted by Gasteiger charge is 2.32. The number of rotatable bonds is 3. The standard InChI is InChI=1S/C9H19NO2/c1-3-7(4-2)10-5-8(11)9(12)6-10/h7-9,11-12H,3-6H2,1-2H3/t8-,9-/m1/s1. The first-order valence-corrected chi connectivity index (χ1v) is 4.79. The quantitative estimate of drug-likeness (QED) is 0.641. The van der Waals surface area contributed by atoms with Gasteiger partial charge in [0.05, 0.1) is 12.2 Å². The van der Waals surface area contributed by atoms with Crippen LogP contribution in [0.3, 0.4) is 0 Å². The van der Waals surface area contributed by atoms with Crippen molar-refractivity contribution in [3.8, 4) is 0 Å². The zero-order valence-corrected chi connectivity index (χ0v) is 7.90. The van der Waals surface area contributed by atoms with E-state index in [1.165, 1.54) is 0 Å². The third kappa shape index (κ3) is 1.97. The highest BCUT2D eigenvalue weighted by atomic mass is 16.3. The molecular weight excluding hydrogens is 154 g/mol. The summed E-state index contributed by atoms with van der Waals surface area (Å²) in [5.74, 6) is 0. The fourth-order valence-electron chi connectivity index (χ4n) is 1.90. The van der Waals surface area contributed by atoms with Crippen LogP contribution in [0.2, 0.25) is 0 Å². The Morgan fingerprint density at radius 3 is 1.92 bits per heavy atom. The summed E-state index contributed by atoms with van der Waals surface area (Å²) < 4.78 is 0. The molecule has 0 bridgehead atoms. The molecule has 0 saturated carbocycles. The maximum absolute atomic E-state index is 9.32. The first-order valence-electron chi connectivity index (χ1n) is 4.79. The van der Waals surface area contributed by atoms with Crippen molar-refractivity contribution in [2.24, 2.45) is 0 Å². The first kappa shape index (κ1) is 9.96. The van der Waals surface area contributed by atoms with Gasteiger partial charge in [-0.25, -0.2) is 0 Å². The molecule has 0 aromatic heterocycles. The molecule has 3 nitrogen and oxygen atoms in total. The van der Waals surface area contributed by atoms with Gasteiger partial charge >= 0.3 is 0 Å². The Hall–Kier alpha value is -0.120. The lowest BCUT2D eigenvalue weighted by Crippen LogP contribution is -2.33. The Bertz CT molecular complexity index is 126. The van der Waals surface area contributed by atoms with Gasteiger partial charge in [-0.2, -0.15) is 0 Å². The smallest absolute Gasteiger partial charge is 0.0938 e. The summed E-state index contributed by atoms with van der Waals surface area (Å²) in [5, 5.41) is 18.6. The minimum absolute atomic E-state index is 0.525. The second-order valence-corrected chi connectivity index (χ2v) is 3.56. The Morgan fingerprint density at radius 1 is 1.17 bits per heavy atom. The minimum Gasteiger partial charge on any atom is -0.389 e. The van der Waals surface area contributed by atoms with Gasteiger partial charge in [0.1, 0.15) is 0 Å². The van der Waals surface area contributed by atoms with Crippen LogP contribution >= 0.6 is 0 Å². The predicted octanol–water partition coefficient (Wildman–Crippen LogP) is 0.212. The third-order valence-electron chi connectivity index (χ3n) is 2.75. The van der Waals surface area contributed by atoms with E-state index in [1.807, 2.05) is 0 Å². The second kappa shape index (κ2) is 4.21. The Labute approximate surface area is 74.0 Å². The summed E-state index contributed by atoms with van der Waals surface area (Å²) >= 11 is 0. The van der Waals surface area contributed by atoms with Gasteiger partial charge in [0.15, 0.2) is 0 Å². The van der Waals surface area contributed by atoms with Gasteiger partial charge in [-0.1, -0.05) is 13.8 Å². The van der Waals surface area contributed by atoms with Gasteiger partial charge in [-0.05, 0) is 12.8 Å². The molecule has 0 aliphatic carbocycles. The monoisotopic (exact) mass is 173 g/mol. The number of aliphatic hydroxyl groups is 2. The van der Waals surface area contributed by atoms with E-state index in [2.05, 4.69) is 18.7 Å². The van der Waals surface area contributed by atoms with Crippen LogP contribution < -0.4 is 0 Å². The molecule has 1 fully saturated rings. The Kier molecular flexibility index (Phi) is 3.50. The highest BCUT2D eigenvalue weighted by molar-refractivity contribution is 4.86. The number of aliphatic hydroxyl groups excluding tert-OH is 2. The van der Waals surface area contributed by atoms with Crippen LogP contribution in [0.4, 0.5) is 0 Å². The van der Waals surface area contributed by atoms with E-state index in [1.54, 1.807) is 0 Å². The van der Waals surface area contributed by atoms with Gasteiger partial charge < -0.3 is 10.2 Å². The van der Waals surface area contributed by atoms with Crippen molar-refractivity contribution in [3.05, 3.63) is 0 Å². The molecule has 1 heterocycles. The SMILES string of the molecule is CCC(CC)N1C[C@@H](O)[C@H](O)C1. The molecule has 0 spiro atoms. The predicted molar refractivity (Wildman–Crippen MR) is 48.0 cm³/mol. The molecular formula is C9H19NO2. The summed E-state index contributed by atoms with van der Waals surface area (Å²) in [6, 6.07) is 0.525. The molecule has 1 rings (SSSR count). The molecule has 2 N–H and O–H groups in total. The molecule has 2 atom stereocenters. The van der Waals surface area contributed by atoms with Crippen molar-refractivity contribution in [1.82, 2.24) is 4.90 Å². The van der Waals surface area contributed by atoms with Gasteiger partial charge in [-0.15, -0.1) is 0 Å². The maximum Gasteiger partial charge on any atom is 0.0938 e. The van der Waals surface area contributed by atoms with Gasteiger partial charge in [0, 0.05) is 19.1 Å². The summed E-state index contributed by atoms with van der Waals surface area (Å²) in [6.45, 7) is 5.55. The van der Waals surface area contributed by atoms with E-state index in [4.69, 9.17) is 0 Å². The number of hydrogen-bond donors (Lipinski definition) is 2. The van der Waals surface area contributed by atoms with Gasteiger partial charge in [-0.3, -0.25) is 4.90 Å². The fourth-order valence-corrected chi connectivity index (χ4v) is 1.90. The maximum atomic E-state index is 9.32. The van der Waals surface area contributed by atoms with E-state index < -0.39 is 12.2 Å². The molecule has 1 aliphatic rings. The van der Waals surface area contributed by atoms with Crippen molar-refractivity contribution in [2.45, 2.75) is 44.9 Å². The van der Waals surface area contributed by atoms with E-state index in [0.717, 1.165) is 12.8 Å². The lowest BCUT2D eigenvalue weighted by atomic mass is 10.1. The van der Waals surface area contributed by atoms with E-state index in [9.17, 15) is 10.2 Å². The number of β-amino-alcohol motifs (C(OH)–C–C–N with tert-alkyl or cyclic N) is 2. The zero-order chi connectivity index (χ0) is 9.14. The second-order valence-electron chi connectivity index (χ2n) is 3.56. The lowest BCUT2D eigenvalue weighted by Gasteiger charge is -2.24.